The molecule has 3 nitrogen and oxygen atoms in total. The lowest BCUT2D eigenvalue weighted by Crippen LogP contribution is -2.19. The zero-order chi connectivity index (χ0) is 13.6. The summed E-state index contributed by atoms with van der Waals surface area (Å²) in [4.78, 5) is 15.7. The van der Waals surface area contributed by atoms with Crippen molar-refractivity contribution in [1.29, 1.82) is 0 Å². The largest absolute Gasteiger partial charge is 0.345 e. The first-order valence-electron chi connectivity index (χ1n) is 6.36. The van der Waals surface area contributed by atoms with Gasteiger partial charge in [-0.05, 0) is 32.4 Å². The molecule has 0 amide bonds. The van der Waals surface area contributed by atoms with E-state index in [0.717, 1.165) is 33.7 Å². The van der Waals surface area contributed by atoms with Crippen molar-refractivity contribution in [1.82, 2.24) is 9.38 Å². The maximum Gasteiger partial charge on any atom is 0.261 e. The van der Waals surface area contributed by atoms with Gasteiger partial charge in [0.25, 0.3) is 5.56 Å². The van der Waals surface area contributed by atoms with Crippen molar-refractivity contribution in [2.75, 3.05) is 0 Å². The first-order chi connectivity index (χ1) is 9.09. The lowest BCUT2D eigenvalue weighted by molar-refractivity contribution is 0.970. The molecule has 96 valence electrons. The molecule has 0 bridgehead atoms. The number of nitrogens with one attached hydrogen (secondary N) is 1. The van der Waals surface area contributed by atoms with E-state index in [1.807, 2.05) is 45.0 Å². The Kier molecular flexibility index (Phi) is 2.56. The van der Waals surface area contributed by atoms with Crippen molar-refractivity contribution in [3.05, 3.63) is 63.7 Å². The number of rotatable bonds is 1. The van der Waals surface area contributed by atoms with E-state index in [-0.39, 0.29) is 5.56 Å². The normalized spacial score (nSPS) is 11.1. The highest BCUT2D eigenvalue weighted by molar-refractivity contribution is 5.72. The van der Waals surface area contributed by atoms with Crippen molar-refractivity contribution in [2.24, 2.45) is 0 Å². The van der Waals surface area contributed by atoms with Gasteiger partial charge in [-0.2, -0.15) is 0 Å². The van der Waals surface area contributed by atoms with Crippen molar-refractivity contribution < 1.29 is 0 Å². The number of fused-ring (bicyclic) bond motifs is 1. The summed E-state index contributed by atoms with van der Waals surface area (Å²) >= 11 is 0. The second kappa shape index (κ2) is 4.12. The molecule has 0 fully saturated rings. The predicted molar refractivity (Wildman–Crippen MR) is 77.7 cm³/mol. The Bertz CT molecular complexity index is 810. The quantitative estimate of drug-likeness (QED) is 0.709. The Balaban J connectivity index is 2.39. The van der Waals surface area contributed by atoms with E-state index in [9.17, 15) is 4.79 Å². The van der Waals surface area contributed by atoms with Gasteiger partial charge < -0.3 is 4.98 Å². The first-order valence-corrected chi connectivity index (χ1v) is 6.36. The maximum atomic E-state index is 12.4. The van der Waals surface area contributed by atoms with Gasteiger partial charge >= 0.3 is 0 Å². The number of hydrogen-bond donors (Lipinski definition) is 1. The molecular formula is C16H16N2O. The molecular weight excluding hydrogens is 236 g/mol. The fourth-order valence-corrected chi connectivity index (χ4v) is 2.48. The molecule has 0 aliphatic carbocycles. The third kappa shape index (κ3) is 1.70. The topological polar surface area (TPSA) is 37.3 Å². The van der Waals surface area contributed by atoms with Gasteiger partial charge in [0.2, 0.25) is 0 Å². The van der Waals surface area contributed by atoms with Crippen LogP contribution in [0.15, 0.2) is 41.2 Å². The molecule has 2 aromatic heterocycles. The fourth-order valence-electron chi connectivity index (χ4n) is 2.48. The van der Waals surface area contributed by atoms with Crippen LogP contribution < -0.4 is 5.56 Å². The number of benzene rings is 1. The van der Waals surface area contributed by atoms with Crippen molar-refractivity contribution in [3.8, 4) is 11.1 Å². The van der Waals surface area contributed by atoms with Crippen LogP contribution in [0, 0.1) is 20.8 Å². The first kappa shape index (κ1) is 11.8. The molecule has 0 radical (unpaired) electrons. The van der Waals surface area contributed by atoms with Gasteiger partial charge in [-0.3, -0.25) is 9.20 Å². The van der Waals surface area contributed by atoms with E-state index in [4.69, 9.17) is 0 Å². The van der Waals surface area contributed by atoms with Crippen LogP contribution in [-0.4, -0.2) is 9.38 Å². The van der Waals surface area contributed by atoms with E-state index >= 15 is 0 Å². The van der Waals surface area contributed by atoms with E-state index in [1.165, 1.54) is 0 Å². The van der Waals surface area contributed by atoms with Crippen LogP contribution in [0.5, 0.6) is 0 Å². The van der Waals surface area contributed by atoms with E-state index in [2.05, 4.69) is 17.1 Å². The van der Waals surface area contributed by atoms with Gasteiger partial charge in [-0.25, -0.2) is 0 Å². The van der Waals surface area contributed by atoms with Gasteiger partial charge in [-0.1, -0.05) is 30.3 Å². The Morgan fingerprint density at radius 3 is 2.42 bits per heavy atom. The second-order valence-corrected chi connectivity index (χ2v) is 4.91. The number of aromatic nitrogens is 2. The monoisotopic (exact) mass is 252 g/mol. The average molecular weight is 252 g/mol. The van der Waals surface area contributed by atoms with Gasteiger partial charge in [0.05, 0.1) is 0 Å². The molecule has 1 aromatic carbocycles. The summed E-state index contributed by atoms with van der Waals surface area (Å²) in [5.74, 6) is 0. The zero-order valence-electron chi connectivity index (χ0n) is 11.3. The summed E-state index contributed by atoms with van der Waals surface area (Å²) in [5, 5.41) is 0. The predicted octanol–water partition coefficient (Wildman–Crippen LogP) is 3.22. The van der Waals surface area contributed by atoms with Gasteiger partial charge in [0.1, 0.15) is 5.65 Å². The number of nitrogens with zero attached hydrogens (tertiary/aromatic N) is 1. The molecule has 0 atom stereocenters. The van der Waals surface area contributed by atoms with Gasteiger partial charge in [0, 0.05) is 22.5 Å². The third-order valence-corrected chi connectivity index (χ3v) is 3.73. The highest BCUT2D eigenvalue weighted by Gasteiger charge is 2.12. The summed E-state index contributed by atoms with van der Waals surface area (Å²) < 4.78 is 1.75. The SMILES string of the molecule is Cc1[nH]c2cc(-c3ccccc3)c(C)n2c(=O)c1C. The van der Waals surface area contributed by atoms with Crippen LogP contribution in [-0.2, 0) is 0 Å². The molecule has 0 unspecified atom stereocenters. The molecule has 1 N–H and O–H groups in total. The molecule has 0 saturated heterocycles. The highest BCUT2D eigenvalue weighted by Crippen LogP contribution is 2.25. The molecule has 3 rings (SSSR count). The van der Waals surface area contributed by atoms with Crippen molar-refractivity contribution in [3.63, 3.8) is 0 Å². The molecule has 3 heteroatoms. The van der Waals surface area contributed by atoms with Crippen LogP contribution in [0.4, 0.5) is 0 Å². The molecule has 2 heterocycles. The minimum Gasteiger partial charge on any atom is -0.345 e. The Morgan fingerprint density at radius 1 is 1.05 bits per heavy atom. The lowest BCUT2D eigenvalue weighted by Gasteiger charge is -2.04. The number of aryl methyl sites for hydroxylation is 2. The smallest absolute Gasteiger partial charge is 0.261 e. The summed E-state index contributed by atoms with van der Waals surface area (Å²) in [7, 11) is 0. The summed E-state index contributed by atoms with van der Waals surface area (Å²) in [6.07, 6.45) is 0. The highest BCUT2D eigenvalue weighted by atomic mass is 16.1. The minimum absolute atomic E-state index is 0.0610. The number of aromatic amines is 1. The van der Waals surface area contributed by atoms with Crippen LogP contribution in [0.3, 0.4) is 0 Å². The summed E-state index contributed by atoms with van der Waals surface area (Å²) in [6, 6.07) is 12.2. The second-order valence-electron chi connectivity index (χ2n) is 4.91. The van der Waals surface area contributed by atoms with Crippen LogP contribution >= 0.6 is 0 Å². The maximum absolute atomic E-state index is 12.4. The van der Waals surface area contributed by atoms with E-state index in [0.29, 0.717) is 0 Å². The van der Waals surface area contributed by atoms with Crippen molar-refractivity contribution in [2.45, 2.75) is 20.8 Å². The number of H-pyrrole nitrogens is 1. The van der Waals surface area contributed by atoms with Crippen LogP contribution in [0.25, 0.3) is 16.8 Å². The molecule has 0 aliphatic rings. The Labute approximate surface area is 111 Å². The van der Waals surface area contributed by atoms with Gasteiger partial charge in [0.15, 0.2) is 0 Å². The molecule has 19 heavy (non-hydrogen) atoms. The average Bonchev–Trinajstić information content (AvgIpc) is 2.74. The van der Waals surface area contributed by atoms with Crippen LogP contribution in [0.1, 0.15) is 17.0 Å². The lowest BCUT2D eigenvalue weighted by atomic mass is 10.1. The number of hydrogen-bond acceptors (Lipinski definition) is 1. The summed E-state index contributed by atoms with van der Waals surface area (Å²) in [6.45, 7) is 5.77. The fraction of sp³-hybridized carbons (Fsp3) is 0.188. The Morgan fingerprint density at radius 2 is 1.74 bits per heavy atom. The molecule has 0 aliphatic heterocycles. The molecule has 0 spiro atoms. The van der Waals surface area contributed by atoms with E-state index in [1.54, 1.807) is 4.40 Å². The molecule has 3 aromatic rings. The third-order valence-electron chi connectivity index (χ3n) is 3.73. The Hall–Kier alpha value is -2.29. The zero-order valence-corrected chi connectivity index (χ0v) is 11.3. The minimum atomic E-state index is 0.0610. The molecule has 0 saturated carbocycles. The van der Waals surface area contributed by atoms with Gasteiger partial charge in [-0.15, -0.1) is 0 Å². The van der Waals surface area contributed by atoms with Crippen molar-refractivity contribution >= 4 is 5.65 Å². The standard InChI is InChI=1S/C16H16N2O/c1-10-11(2)17-15-9-14(12(3)18(15)16(10)19)13-7-5-4-6-8-13/h4-9,17H,1-3H3. The van der Waals surface area contributed by atoms with E-state index < -0.39 is 0 Å². The van der Waals surface area contributed by atoms with Crippen LogP contribution in [0.2, 0.25) is 0 Å². The summed E-state index contributed by atoms with van der Waals surface area (Å²) in [5.41, 5.74) is 5.81.